The van der Waals surface area contributed by atoms with Crippen molar-refractivity contribution >= 4 is 11.6 Å². The van der Waals surface area contributed by atoms with Crippen LogP contribution in [0.25, 0.3) is 0 Å². The molecule has 0 atom stereocenters. The lowest BCUT2D eigenvalue weighted by Gasteiger charge is -2.13. The van der Waals surface area contributed by atoms with Crippen molar-refractivity contribution in [1.29, 1.82) is 0 Å². The van der Waals surface area contributed by atoms with Gasteiger partial charge in [-0.3, -0.25) is 4.79 Å². The second-order valence-corrected chi connectivity index (χ2v) is 4.73. The van der Waals surface area contributed by atoms with E-state index < -0.39 is 0 Å². The summed E-state index contributed by atoms with van der Waals surface area (Å²) in [5.74, 6) is 1.71. The lowest BCUT2D eigenvalue weighted by Crippen LogP contribution is -2.21. The molecule has 0 aliphatic carbocycles. The Morgan fingerprint density at radius 3 is 2.24 bits per heavy atom. The molecule has 21 heavy (non-hydrogen) atoms. The van der Waals surface area contributed by atoms with Gasteiger partial charge in [-0.1, -0.05) is 0 Å². The number of rotatable bonds is 4. The van der Waals surface area contributed by atoms with E-state index in [9.17, 15) is 4.79 Å². The van der Waals surface area contributed by atoms with Crippen LogP contribution < -0.4 is 15.2 Å². The van der Waals surface area contributed by atoms with Gasteiger partial charge in [0.1, 0.15) is 11.5 Å². The van der Waals surface area contributed by atoms with Gasteiger partial charge in [-0.25, -0.2) is 0 Å². The molecule has 0 saturated heterocycles. The molecule has 2 aromatic carbocycles. The van der Waals surface area contributed by atoms with Gasteiger partial charge in [0.25, 0.3) is 5.91 Å². The fraction of sp³-hybridized carbons (Fsp3) is 0.188. The van der Waals surface area contributed by atoms with Gasteiger partial charge in [0.15, 0.2) is 5.75 Å². The number of benzene rings is 2. The third-order valence-electron chi connectivity index (χ3n) is 2.95. The van der Waals surface area contributed by atoms with Gasteiger partial charge < -0.3 is 20.1 Å². The van der Waals surface area contributed by atoms with Gasteiger partial charge in [0.2, 0.25) is 0 Å². The molecule has 5 nitrogen and oxygen atoms in total. The molecule has 0 fully saturated rings. The number of hydrogen-bond acceptors (Lipinski definition) is 4. The van der Waals surface area contributed by atoms with Crippen LogP contribution in [-0.4, -0.2) is 32.0 Å². The topological polar surface area (TPSA) is 64.8 Å². The van der Waals surface area contributed by atoms with Gasteiger partial charge in [0, 0.05) is 19.7 Å². The normalized spacial score (nSPS) is 10.0. The van der Waals surface area contributed by atoms with Crippen molar-refractivity contribution < 1.29 is 14.3 Å². The number of methoxy groups -OCH3 is 1. The smallest absolute Gasteiger partial charge is 0.253 e. The Labute approximate surface area is 123 Å². The SMILES string of the molecule is COc1ccc(Oc2cc(C(=O)N(C)C)ccc2N)cc1. The maximum atomic E-state index is 12.0. The van der Waals surface area contributed by atoms with Gasteiger partial charge in [-0.05, 0) is 42.5 Å². The quantitative estimate of drug-likeness (QED) is 0.878. The highest BCUT2D eigenvalue weighted by Crippen LogP contribution is 2.29. The van der Waals surface area contributed by atoms with Crippen LogP contribution in [0.2, 0.25) is 0 Å². The van der Waals surface area contributed by atoms with E-state index in [2.05, 4.69) is 0 Å². The molecule has 0 bridgehead atoms. The predicted octanol–water partition coefficient (Wildman–Crippen LogP) is 2.77. The minimum absolute atomic E-state index is 0.102. The summed E-state index contributed by atoms with van der Waals surface area (Å²) >= 11 is 0. The van der Waals surface area contributed by atoms with E-state index in [0.29, 0.717) is 22.7 Å². The standard InChI is InChI=1S/C16H18N2O3/c1-18(2)16(19)11-4-9-14(17)15(10-11)21-13-7-5-12(20-3)6-8-13/h4-10H,17H2,1-3H3. The largest absolute Gasteiger partial charge is 0.497 e. The summed E-state index contributed by atoms with van der Waals surface area (Å²) in [6, 6.07) is 12.1. The number of nitrogens with zero attached hydrogens (tertiary/aromatic N) is 1. The van der Waals surface area contributed by atoms with E-state index in [1.165, 1.54) is 4.90 Å². The summed E-state index contributed by atoms with van der Waals surface area (Å²) < 4.78 is 10.8. The Balaban J connectivity index is 2.26. The Morgan fingerprint density at radius 2 is 1.67 bits per heavy atom. The molecule has 0 spiro atoms. The van der Waals surface area contributed by atoms with Crippen molar-refractivity contribution in [2.75, 3.05) is 26.9 Å². The van der Waals surface area contributed by atoms with Crippen LogP contribution in [0.5, 0.6) is 17.2 Å². The first-order chi connectivity index (χ1) is 10.0. The lowest BCUT2D eigenvalue weighted by atomic mass is 10.1. The van der Waals surface area contributed by atoms with Gasteiger partial charge in [0.05, 0.1) is 12.8 Å². The van der Waals surface area contributed by atoms with Crippen LogP contribution in [0.4, 0.5) is 5.69 Å². The van der Waals surface area contributed by atoms with Crippen LogP contribution in [0.3, 0.4) is 0 Å². The van der Waals surface area contributed by atoms with Crippen LogP contribution in [0.15, 0.2) is 42.5 Å². The Hall–Kier alpha value is -2.69. The van der Waals surface area contributed by atoms with E-state index in [4.69, 9.17) is 15.2 Å². The molecular weight excluding hydrogens is 268 g/mol. The summed E-state index contributed by atoms with van der Waals surface area (Å²) in [5, 5.41) is 0. The number of amides is 1. The molecule has 1 amide bonds. The predicted molar refractivity (Wildman–Crippen MR) is 81.9 cm³/mol. The fourth-order valence-corrected chi connectivity index (χ4v) is 1.78. The van der Waals surface area contributed by atoms with Crippen molar-refractivity contribution in [3.8, 4) is 17.2 Å². The first-order valence-electron chi connectivity index (χ1n) is 6.44. The molecule has 0 saturated carbocycles. The number of anilines is 1. The Kier molecular flexibility index (Phi) is 4.33. The van der Waals surface area contributed by atoms with Crippen LogP contribution in [0, 0.1) is 0 Å². The zero-order valence-electron chi connectivity index (χ0n) is 12.3. The molecular formula is C16H18N2O3. The van der Waals surface area contributed by atoms with E-state index in [1.54, 1.807) is 63.7 Å². The number of nitrogens with two attached hydrogens (primary N) is 1. The highest BCUT2D eigenvalue weighted by atomic mass is 16.5. The van der Waals surface area contributed by atoms with E-state index in [1.807, 2.05) is 0 Å². The summed E-state index contributed by atoms with van der Waals surface area (Å²) in [7, 11) is 5.00. The van der Waals surface area contributed by atoms with Crippen LogP contribution >= 0.6 is 0 Å². The van der Waals surface area contributed by atoms with Gasteiger partial charge in [-0.15, -0.1) is 0 Å². The van der Waals surface area contributed by atoms with Gasteiger partial charge in [-0.2, -0.15) is 0 Å². The van der Waals surface area contributed by atoms with Crippen molar-refractivity contribution in [1.82, 2.24) is 4.90 Å². The molecule has 0 radical (unpaired) electrons. The highest BCUT2D eigenvalue weighted by Gasteiger charge is 2.11. The maximum Gasteiger partial charge on any atom is 0.253 e. The van der Waals surface area contributed by atoms with Crippen molar-refractivity contribution in [3.63, 3.8) is 0 Å². The Bertz CT molecular complexity index is 636. The van der Waals surface area contributed by atoms with E-state index >= 15 is 0 Å². The third-order valence-corrected chi connectivity index (χ3v) is 2.95. The highest BCUT2D eigenvalue weighted by molar-refractivity contribution is 5.94. The number of ether oxygens (including phenoxy) is 2. The molecule has 0 unspecified atom stereocenters. The average molecular weight is 286 g/mol. The third kappa shape index (κ3) is 3.45. The van der Waals surface area contributed by atoms with E-state index in [0.717, 1.165) is 5.75 Å². The molecule has 2 aromatic rings. The second kappa shape index (κ2) is 6.17. The van der Waals surface area contributed by atoms with E-state index in [-0.39, 0.29) is 5.91 Å². The molecule has 2 N–H and O–H groups in total. The van der Waals surface area contributed by atoms with Crippen LogP contribution in [0.1, 0.15) is 10.4 Å². The summed E-state index contributed by atoms with van der Waals surface area (Å²) in [4.78, 5) is 13.5. The number of carbonyl (C=O) groups is 1. The average Bonchev–Trinajstić information content (AvgIpc) is 2.49. The zero-order valence-corrected chi connectivity index (χ0v) is 12.3. The van der Waals surface area contributed by atoms with Crippen molar-refractivity contribution in [2.24, 2.45) is 0 Å². The number of nitrogen functional groups attached to an aromatic ring is 1. The second-order valence-electron chi connectivity index (χ2n) is 4.73. The molecule has 2 rings (SSSR count). The molecule has 0 aromatic heterocycles. The first kappa shape index (κ1) is 14.7. The Morgan fingerprint density at radius 1 is 1.05 bits per heavy atom. The molecule has 0 aliphatic rings. The number of carbonyl (C=O) groups excluding carboxylic acids is 1. The maximum absolute atomic E-state index is 12.0. The molecule has 0 heterocycles. The minimum Gasteiger partial charge on any atom is -0.497 e. The molecule has 110 valence electrons. The monoisotopic (exact) mass is 286 g/mol. The van der Waals surface area contributed by atoms with Crippen molar-refractivity contribution in [3.05, 3.63) is 48.0 Å². The molecule has 5 heteroatoms. The first-order valence-corrected chi connectivity index (χ1v) is 6.44. The summed E-state index contributed by atoms with van der Waals surface area (Å²) in [6.45, 7) is 0. The minimum atomic E-state index is -0.102. The van der Waals surface area contributed by atoms with Crippen molar-refractivity contribution in [2.45, 2.75) is 0 Å². The fourth-order valence-electron chi connectivity index (χ4n) is 1.78. The summed E-state index contributed by atoms with van der Waals surface area (Å²) in [6.07, 6.45) is 0. The zero-order chi connectivity index (χ0) is 15.4. The summed E-state index contributed by atoms with van der Waals surface area (Å²) in [5.41, 5.74) is 6.89. The van der Waals surface area contributed by atoms with Gasteiger partial charge >= 0.3 is 0 Å². The molecule has 0 aliphatic heterocycles. The lowest BCUT2D eigenvalue weighted by molar-refractivity contribution is 0.0827. The van der Waals surface area contributed by atoms with Crippen LogP contribution in [-0.2, 0) is 0 Å². The number of hydrogen-bond donors (Lipinski definition) is 1.